The summed E-state index contributed by atoms with van der Waals surface area (Å²) in [4.78, 5) is 11.6. The molecule has 0 N–H and O–H groups in total. The van der Waals surface area contributed by atoms with Crippen LogP contribution in [-0.4, -0.2) is 5.97 Å². The Morgan fingerprint density at radius 3 is 2.19 bits per heavy atom. The molecular formula is C14H16O2. The van der Waals surface area contributed by atoms with E-state index in [1.165, 1.54) is 11.1 Å². The van der Waals surface area contributed by atoms with Crippen molar-refractivity contribution >= 4 is 17.6 Å². The molecular weight excluding hydrogens is 200 g/mol. The van der Waals surface area contributed by atoms with E-state index in [0.29, 0.717) is 5.57 Å². The summed E-state index contributed by atoms with van der Waals surface area (Å²) in [5.41, 5.74) is 4.23. The Bertz CT molecular complexity index is 607. The predicted molar refractivity (Wildman–Crippen MR) is 64.8 cm³/mol. The number of rotatable bonds is 0. The number of carbonyl (C=O) groups is 1. The van der Waals surface area contributed by atoms with E-state index in [0.717, 1.165) is 21.8 Å². The molecule has 0 aliphatic carbocycles. The molecule has 0 aromatic heterocycles. The van der Waals surface area contributed by atoms with E-state index in [2.05, 4.69) is 13.8 Å². The minimum atomic E-state index is -0.216. The van der Waals surface area contributed by atoms with Crippen molar-refractivity contribution in [3.63, 3.8) is 0 Å². The number of hydrogen-bond acceptors (Lipinski definition) is 2. The highest BCUT2D eigenvalue weighted by Gasteiger charge is 2.23. The molecule has 0 saturated heterocycles. The molecule has 1 aromatic carbocycles. The van der Waals surface area contributed by atoms with Gasteiger partial charge in [-0.3, -0.25) is 0 Å². The monoisotopic (exact) mass is 216 g/mol. The number of carbonyl (C=O) groups excluding carboxylic acids is 1. The lowest BCUT2D eigenvalue weighted by molar-refractivity contribution is -0.127. The molecule has 2 heteroatoms. The van der Waals surface area contributed by atoms with Crippen LogP contribution in [0, 0.1) is 20.8 Å². The zero-order chi connectivity index (χ0) is 12.0. The van der Waals surface area contributed by atoms with E-state index >= 15 is 0 Å². The third-order valence-electron chi connectivity index (χ3n) is 3.53. The number of hydrogen-bond donors (Lipinski definition) is 0. The molecule has 0 saturated carbocycles. The summed E-state index contributed by atoms with van der Waals surface area (Å²) >= 11 is 0. The molecule has 84 valence electrons. The van der Waals surface area contributed by atoms with Crippen LogP contribution in [0.4, 0.5) is 0 Å². The van der Waals surface area contributed by atoms with Gasteiger partial charge in [-0.15, -0.1) is 0 Å². The van der Waals surface area contributed by atoms with Crippen LogP contribution < -0.4 is 15.2 Å². The normalized spacial score (nSPS) is 15.4. The van der Waals surface area contributed by atoms with Gasteiger partial charge < -0.3 is 4.74 Å². The minimum absolute atomic E-state index is 0.216. The second kappa shape index (κ2) is 3.48. The summed E-state index contributed by atoms with van der Waals surface area (Å²) in [7, 11) is 0. The molecule has 0 bridgehead atoms. The molecule has 0 spiro atoms. The molecule has 0 atom stereocenters. The van der Waals surface area contributed by atoms with Crippen LogP contribution in [0.15, 0.2) is 0 Å². The summed E-state index contributed by atoms with van der Waals surface area (Å²) < 4.78 is 5.33. The van der Waals surface area contributed by atoms with E-state index < -0.39 is 0 Å². The zero-order valence-electron chi connectivity index (χ0n) is 10.4. The van der Waals surface area contributed by atoms with Gasteiger partial charge in [0.15, 0.2) is 0 Å². The number of fused-ring (bicyclic) bond motifs is 1. The van der Waals surface area contributed by atoms with Gasteiger partial charge in [-0.05, 0) is 56.5 Å². The van der Waals surface area contributed by atoms with E-state index in [1.54, 1.807) is 0 Å². The van der Waals surface area contributed by atoms with Gasteiger partial charge >= 0.3 is 5.97 Å². The lowest BCUT2D eigenvalue weighted by Crippen LogP contribution is -2.29. The van der Waals surface area contributed by atoms with Gasteiger partial charge in [-0.1, -0.05) is 6.08 Å². The smallest absolute Gasteiger partial charge is 0.339 e. The molecule has 1 aliphatic heterocycles. The van der Waals surface area contributed by atoms with E-state index in [4.69, 9.17) is 4.74 Å². The second-order valence-electron chi connectivity index (χ2n) is 4.30. The first-order valence-electron chi connectivity index (χ1n) is 5.48. The van der Waals surface area contributed by atoms with E-state index in [1.807, 2.05) is 26.8 Å². The van der Waals surface area contributed by atoms with Crippen LogP contribution in [0.2, 0.25) is 0 Å². The van der Waals surface area contributed by atoms with Crippen LogP contribution in [0.25, 0.3) is 11.6 Å². The highest BCUT2D eigenvalue weighted by Crippen LogP contribution is 2.22. The Morgan fingerprint density at radius 1 is 1.00 bits per heavy atom. The predicted octanol–water partition coefficient (Wildman–Crippen LogP) is 1.50. The number of ether oxygens (including phenoxy) is 1. The largest absolute Gasteiger partial charge is 0.422 e. The summed E-state index contributed by atoms with van der Waals surface area (Å²) in [5, 5.41) is 2.11. The summed E-state index contributed by atoms with van der Waals surface area (Å²) in [6.45, 7) is 9.99. The molecule has 16 heavy (non-hydrogen) atoms. The van der Waals surface area contributed by atoms with Crippen molar-refractivity contribution in [3.05, 3.63) is 27.1 Å². The van der Waals surface area contributed by atoms with Crippen LogP contribution in [-0.2, 0) is 4.79 Å². The van der Waals surface area contributed by atoms with E-state index in [9.17, 15) is 4.79 Å². The fourth-order valence-electron chi connectivity index (χ4n) is 2.28. The molecule has 0 fully saturated rings. The highest BCUT2D eigenvalue weighted by molar-refractivity contribution is 6.12. The highest BCUT2D eigenvalue weighted by atomic mass is 16.5. The molecule has 2 nitrogen and oxygen atoms in total. The van der Waals surface area contributed by atoms with Crippen molar-refractivity contribution in [1.82, 2.24) is 0 Å². The Hall–Kier alpha value is -1.57. The van der Waals surface area contributed by atoms with Crippen molar-refractivity contribution in [3.8, 4) is 5.75 Å². The van der Waals surface area contributed by atoms with Crippen LogP contribution >= 0.6 is 0 Å². The summed E-state index contributed by atoms with van der Waals surface area (Å²) in [6, 6.07) is 0. The Kier molecular flexibility index (Phi) is 2.38. The van der Waals surface area contributed by atoms with Gasteiger partial charge in [-0.25, -0.2) is 4.79 Å². The fraction of sp³-hybridized carbons (Fsp3) is 0.357. The zero-order valence-corrected chi connectivity index (χ0v) is 10.4. The van der Waals surface area contributed by atoms with Crippen LogP contribution in [0.5, 0.6) is 5.75 Å². The maximum Gasteiger partial charge on any atom is 0.339 e. The summed E-state index contributed by atoms with van der Waals surface area (Å²) in [5.74, 6) is 0.532. The first-order valence-corrected chi connectivity index (χ1v) is 5.48. The van der Waals surface area contributed by atoms with Crippen molar-refractivity contribution < 1.29 is 9.53 Å². The Labute approximate surface area is 95.2 Å². The molecule has 1 aromatic rings. The topological polar surface area (TPSA) is 26.3 Å². The first kappa shape index (κ1) is 10.9. The third-order valence-corrected chi connectivity index (χ3v) is 3.53. The van der Waals surface area contributed by atoms with Crippen LogP contribution in [0.1, 0.15) is 30.5 Å². The fourth-order valence-corrected chi connectivity index (χ4v) is 2.28. The van der Waals surface area contributed by atoms with Gasteiger partial charge in [0.25, 0.3) is 0 Å². The van der Waals surface area contributed by atoms with Gasteiger partial charge in [-0.2, -0.15) is 0 Å². The molecule has 0 radical (unpaired) electrons. The first-order chi connectivity index (χ1) is 7.49. The average molecular weight is 216 g/mol. The van der Waals surface area contributed by atoms with Crippen molar-refractivity contribution in [2.75, 3.05) is 0 Å². The molecule has 1 aliphatic rings. The standard InChI is InChI=1S/C14H16O2/c1-6-11-8(3)7(2)9(4)13-12(11)10(5)14(15)16-13/h6H,1-5H3. The average Bonchev–Trinajstić information content (AvgIpc) is 2.55. The van der Waals surface area contributed by atoms with Crippen molar-refractivity contribution in [2.24, 2.45) is 0 Å². The van der Waals surface area contributed by atoms with Crippen LogP contribution in [0.3, 0.4) is 0 Å². The molecule has 0 amide bonds. The van der Waals surface area contributed by atoms with Gasteiger partial charge in [0, 0.05) is 10.8 Å². The Morgan fingerprint density at radius 2 is 1.62 bits per heavy atom. The Balaban J connectivity index is 3.11. The lowest BCUT2D eigenvalue weighted by Gasteiger charge is -2.09. The second-order valence-corrected chi connectivity index (χ2v) is 4.30. The quantitative estimate of drug-likeness (QED) is 0.485. The molecule has 1 heterocycles. The van der Waals surface area contributed by atoms with Gasteiger partial charge in [0.1, 0.15) is 5.75 Å². The van der Waals surface area contributed by atoms with E-state index in [-0.39, 0.29) is 5.97 Å². The molecule has 2 rings (SSSR count). The van der Waals surface area contributed by atoms with Crippen molar-refractivity contribution in [1.29, 1.82) is 0 Å². The third kappa shape index (κ3) is 1.22. The maximum atomic E-state index is 11.6. The molecule has 0 unspecified atom stereocenters. The summed E-state index contributed by atoms with van der Waals surface area (Å²) in [6.07, 6.45) is 2.05. The minimum Gasteiger partial charge on any atom is -0.422 e. The van der Waals surface area contributed by atoms with Gasteiger partial charge in [0.2, 0.25) is 0 Å². The van der Waals surface area contributed by atoms with Crippen molar-refractivity contribution in [2.45, 2.75) is 34.6 Å². The number of benzene rings is 1. The van der Waals surface area contributed by atoms with Gasteiger partial charge in [0.05, 0.1) is 0 Å². The lowest BCUT2D eigenvalue weighted by atomic mass is 9.97. The maximum absolute atomic E-state index is 11.6. The number of esters is 1. The SMILES string of the molecule is CC=c1c(C)c(C)c(C)c2c1=C(C)C(=O)O2.